The average molecular weight is 1160 g/mol. The van der Waals surface area contributed by atoms with Crippen molar-refractivity contribution in [3.63, 3.8) is 0 Å². The molecule has 0 aromatic rings. The lowest BCUT2D eigenvalue weighted by Crippen LogP contribution is -2.65. The summed E-state index contributed by atoms with van der Waals surface area (Å²) in [4.78, 5) is 143. The highest BCUT2D eigenvalue weighted by Crippen LogP contribution is 2.26. The van der Waals surface area contributed by atoms with E-state index in [4.69, 9.17) is 4.74 Å². The molecule has 22 heteroatoms. The summed E-state index contributed by atoms with van der Waals surface area (Å²) in [6.07, 6.45) is 10.8. The normalized spacial score (nSPS) is 16.6. The van der Waals surface area contributed by atoms with Crippen molar-refractivity contribution < 1.29 is 52.7 Å². The van der Waals surface area contributed by atoms with Crippen LogP contribution in [0.5, 0.6) is 0 Å². The second kappa shape index (κ2) is 36.4. The fraction of sp³-hybridized carbons (Fsp3) is 0.833. The van der Waals surface area contributed by atoms with Crippen LogP contribution in [0.25, 0.3) is 0 Å². The third kappa shape index (κ3) is 26.0. The Hall–Kier alpha value is -5.38. The zero-order valence-electron chi connectivity index (χ0n) is 52.7. The zero-order chi connectivity index (χ0) is 61.8. The molecule has 470 valence electrons. The van der Waals surface area contributed by atoms with Crippen LogP contribution in [0, 0.1) is 17.8 Å². The highest BCUT2D eigenvalue weighted by molar-refractivity contribution is 5.99. The van der Waals surface area contributed by atoms with Crippen LogP contribution in [-0.2, 0) is 52.7 Å². The van der Waals surface area contributed by atoms with Gasteiger partial charge in [-0.05, 0) is 104 Å². The van der Waals surface area contributed by atoms with E-state index in [0.717, 1.165) is 64.5 Å². The van der Waals surface area contributed by atoms with Crippen molar-refractivity contribution >= 4 is 59.6 Å². The second-order valence-corrected chi connectivity index (χ2v) is 25.4. The lowest BCUT2D eigenvalue weighted by Gasteiger charge is -2.38. The number of rotatable bonds is 39. The lowest BCUT2D eigenvalue weighted by molar-refractivity contribution is -0.146. The Labute approximate surface area is 491 Å². The smallest absolute Gasteiger partial charge is 0.246 e. The molecule has 2 aliphatic rings. The summed E-state index contributed by atoms with van der Waals surface area (Å²) in [6.45, 7) is 29.0. The van der Waals surface area contributed by atoms with Crippen LogP contribution in [0.3, 0.4) is 0 Å². The fourth-order valence-electron chi connectivity index (χ4n) is 10.1. The molecule has 0 bridgehead atoms. The van der Waals surface area contributed by atoms with Crippen LogP contribution in [0.4, 0.5) is 0 Å². The maximum Gasteiger partial charge on any atom is 0.246 e. The van der Waals surface area contributed by atoms with Gasteiger partial charge in [-0.2, -0.15) is 0 Å². The van der Waals surface area contributed by atoms with Crippen molar-refractivity contribution in [1.82, 2.24) is 57.2 Å². The number of hydrogen-bond donors (Lipinski definition) is 8. The summed E-state index contributed by atoms with van der Waals surface area (Å²) < 4.78 is 5.36. The number of amides is 10. The second-order valence-electron chi connectivity index (χ2n) is 25.4. The average Bonchev–Trinajstić information content (AvgIpc) is 4.08. The first-order valence-electron chi connectivity index (χ1n) is 30.8. The van der Waals surface area contributed by atoms with Crippen molar-refractivity contribution in [2.45, 2.75) is 253 Å². The van der Waals surface area contributed by atoms with Gasteiger partial charge < -0.3 is 57.1 Å². The van der Waals surface area contributed by atoms with Crippen LogP contribution in [0.15, 0.2) is 0 Å². The number of carbonyl (C=O) groups is 10. The predicted molar refractivity (Wildman–Crippen MR) is 317 cm³/mol. The topological polar surface area (TPSA) is 286 Å². The molecular weight excluding hydrogens is 1050 g/mol. The van der Waals surface area contributed by atoms with Crippen LogP contribution in [-0.4, -0.2) is 174 Å². The number of nitrogens with zero attached hydrogens (tertiary/aromatic N) is 3. The third-order valence-electron chi connectivity index (χ3n) is 15.0. The minimum atomic E-state index is -1.63. The van der Waals surface area contributed by atoms with Gasteiger partial charge in [0.25, 0.3) is 0 Å². The Morgan fingerprint density at radius 3 is 1.61 bits per heavy atom. The Morgan fingerprint density at radius 1 is 0.561 bits per heavy atom. The molecule has 0 radical (unpaired) electrons. The van der Waals surface area contributed by atoms with Gasteiger partial charge in [0.05, 0.1) is 13.2 Å². The van der Waals surface area contributed by atoms with E-state index in [1.807, 2.05) is 41.5 Å². The molecule has 2 fully saturated rings. The number of hydrogen-bond acceptors (Lipinski definition) is 12. The molecular formula is C60H109N11O11. The quantitative estimate of drug-likeness (QED) is 0.0316. The van der Waals surface area contributed by atoms with Gasteiger partial charge >= 0.3 is 0 Å². The van der Waals surface area contributed by atoms with Gasteiger partial charge in [0, 0.05) is 52.1 Å². The highest BCUT2D eigenvalue weighted by atomic mass is 16.5. The molecule has 5 atom stereocenters. The van der Waals surface area contributed by atoms with E-state index >= 15 is 0 Å². The molecule has 0 spiro atoms. The molecule has 2 heterocycles. The summed E-state index contributed by atoms with van der Waals surface area (Å²) in [5, 5.41) is 22.4. The van der Waals surface area contributed by atoms with E-state index in [0.29, 0.717) is 71.4 Å². The van der Waals surface area contributed by atoms with Crippen LogP contribution in [0.1, 0.15) is 206 Å². The maximum atomic E-state index is 14.6. The van der Waals surface area contributed by atoms with Gasteiger partial charge in [0.15, 0.2) is 0 Å². The lowest BCUT2D eigenvalue weighted by atomic mass is 9.96. The van der Waals surface area contributed by atoms with E-state index < -0.39 is 88.3 Å². The van der Waals surface area contributed by atoms with E-state index in [9.17, 15) is 47.9 Å². The monoisotopic (exact) mass is 1160 g/mol. The molecule has 0 aliphatic carbocycles. The van der Waals surface area contributed by atoms with E-state index in [1.54, 1.807) is 4.90 Å². The number of carbonyl (C=O) groups excluding carboxylic acids is 10. The minimum Gasteiger partial charge on any atom is -0.379 e. The van der Waals surface area contributed by atoms with Gasteiger partial charge in [0.1, 0.15) is 46.9 Å². The zero-order valence-corrected chi connectivity index (χ0v) is 52.7. The fourth-order valence-corrected chi connectivity index (χ4v) is 10.1. The number of ether oxygens (including phenoxy) is 1. The predicted octanol–water partition coefficient (Wildman–Crippen LogP) is 4.32. The maximum absolute atomic E-state index is 14.6. The van der Waals surface area contributed by atoms with E-state index in [2.05, 4.69) is 61.3 Å². The first-order valence-corrected chi connectivity index (χ1v) is 30.8. The van der Waals surface area contributed by atoms with Crippen LogP contribution < -0.4 is 42.5 Å². The summed E-state index contributed by atoms with van der Waals surface area (Å²) >= 11 is 0. The Morgan fingerprint density at radius 2 is 1.06 bits per heavy atom. The van der Waals surface area contributed by atoms with Gasteiger partial charge in [-0.15, -0.1) is 0 Å². The van der Waals surface area contributed by atoms with Crippen molar-refractivity contribution in [3.8, 4) is 0 Å². The molecule has 8 N–H and O–H groups in total. The van der Waals surface area contributed by atoms with Crippen molar-refractivity contribution in [2.75, 3.05) is 52.5 Å². The SMILES string of the molecule is CCCCCCCC[C@@H](C(=O)N[C@@H](CC(C)C)C(=O)NC(C)(C)C(=O)N[C@@H](CC(C)C)C(=O)N[C@@H](CC(C)C)C(=O)NC(C)(C)C(=O)NC(C)(C)C(=O)NCCC(=O)NCCN1CCOCC1)N(C=O)[C@@H]1CCCN1C(=O)CCCCC. The summed E-state index contributed by atoms with van der Waals surface area (Å²) in [7, 11) is 0. The van der Waals surface area contributed by atoms with E-state index in [-0.39, 0.29) is 61.8 Å². The first-order chi connectivity index (χ1) is 38.5. The van der Waals surface area contributed by atoms with Crippen LogP contribution >= 0.6 is 0 Å². The number of nitrogens with one attached hydrogen (secondary N) is 8. The number of morpholine rings is 1. The molecule has 2 aliphatic heterocycles. The minimum absolute atomic E-state index is 0.0365. The number of unbranched alkanes of at least 4 members (excludes halogenated alkanes) is 7. The molecule has 22 nitrogen and oxygen atoms in total. The molecule has 0 aromatic carbocycles. The Bertz CT molecular complexity index is 2060. The molecule has 0 aromatic heterocycles. The first kappa shape index (κ1) is 72.7. The summed E-state index contributed by atoms with van der Waals surface area (Å²) in [5.74, 6) is -5.02. The van der Waals surface area contributed by atoms with E-state index in [1.165, 1.54) is 46.4 Å². The Kier molecular flexibility index (Phi) is 32.2. The molecule has 10 amide bonds. The Balaban J connectivity index is 2.22. The molecule has 0 unspecified atom stereocenters. The molecule has 0 saturated carbocycles. The van der Waals surface area contributed by atoms with Crippen molar-refractivity contribution in [2.24, 2.45) is 17.8 Å². The highest BCUT2D eigenvalue weighted by Gasteiger charge is 2.42. The largest absolute Gasteiger partial charge is 0.379 e. The summed E-state index contributed by atoms with van der Waals surface area (Å²) in [6, 6.07) is -4.40. The van der Waals surface area contributed by atoms with Gasteiger partial charge in [-0.1, -0.05) is 107 Å². The van der Waals surface area contributed by atoms with Crippen molar-refractivity contribution in [1.29, 1.82) is 0 Å². The summed E-state index contributed by atoms with van der Waals surface area (Å²) in [5.41, 5.74) is -4.65. The third-order valence-corrected chi connectivity index (χ3v) is 15.0. The standard InChI is InChI=1S/C60H109N11O11/c1-15-17-19-20-21-23-25-47(71(40-72)49-26-24-31-70(49)50(74)27-22-18-16-2)54(78)64-46(39-43(7)8)53(77)66-59(11,12)56(80)65-44(37-41(3)4)51(75)63-45(38-42(5)6)52(76)67-60(13,14)57(81)68-58(9,10)55(79)62-29-28-48(73)61-30-32-69-33-35-82-36-34-69/h40-47,49H,15-39H2,1-14H3,(H,61,73)(H,62,79)(H,63,75)(H,64,78)(H,65,80)(H,66,77)(H,67,76)(H,68,81)/t44-,45-,46-,47-,49+/m0/s1. The number of likely N-dealkylation sites (tertiary alicyclic amines) is 1. The van der Waals surface area contributed by atoms with Gasteiger partial charge in [-0.25, -0.2) is 0 Å². The van der Waals surface area contributed by atoms with Crippen LogP contribution in [0.2, 0.25) is 0 Å². The van der Waals surface area contributed by atoms with Crippen molar-refractivity contribution in [3.05, 3.63) is 0 Å². The van der Waals surface area contributed by atoms with Gasteiger partial charge in [0.2, 0.25) is 59.6 Å². The van der Waals surface area contributed by atoms with Gasteiger partial charge in [-0.3, -0.25) is 52.8 Å². The molecule has 82 heavy (non-hydrogen) atoms. The molecule has 2 saturated heterocycles. The molecule has 2 rings (SSSR count).